The zero-order valence-electron chi connectivity index (χ0n) is 15.5. The summed E-state index contributed by atoms with van der Waals surface area (Å²) in [7, 11) is 1.56. The van der Waals surface area contributed by atoms with E-state index in [2.05, 4.69) is 41.5 Å². The molecule has 2 rings (SSSR count). The molecule has 1 amide bonds. The summed E-state index contributed by atoms with van der Waals surface area (Å²) < 4.78 is 5.10. The molecule has 0 aliphatic carbocycles. The first-order valence-corrected chi connectivity index (χ1v) is 9.17. The van der Waals surface area contributed by atoms with Gasteiger partial charge in [0, 0.05) is 43.1 Å². The predicted octanol–water partition coefficient (Wildman–Crippen LogP) is 4.64. The molecule has 0 aromatic heterocycles. The number of methoxy groups -OCH3 is 1. The summed E-state index contributed by atoms with van der Waals surface area (Å²) in [6.45, 7) is 6.81. The van der Waals surface area contributed by atoms with Crippen molar-refractivity contribution in [3.05, 3.63) is 47.5 Å². The van der Waals surface area contributed by atoms with Gasteiger partial charge in [-0.15, -0.1) is 0 Å². The standard InChI is InChI=1S/C20H26ClN3O2/c1-4-24(5-2)17-9-6-15(7-10-17)22-13-12-20(25)23-16-8-11-19(26-3)18(21)14-16/h6-11,14,22H,4-5,12-13H2,1-3H3,(H,23,25). The number of rotatable bonds is 9. The van der Waals surface area contributed by atoms with Gasteiger partial charge < -0.3 is 20.3 Å². The summed E-state index contributed by atoms with van der Waals surface area (Å²) in [6, 6.07) is 13.4. The van der Waals surface area contributed by atoms with Crippen molar-refractivity contribution >= 4 is 34.6 Å². The number of anilines is 3. The summed E-state index contributed by atoms with van der Waals surface area (Å²) in [5, 5.41) is 6.57. The van der Waals surface area contributed by atoms with E-state index < -0.39 is 0 Å². The lowest BCUT2D eigenvalue weighted by molar-refractivity contribution is -0.115. The second kappa shape index (κ2) is 9.92. The number of halogens is 1. The van der Waals surface area contributed by atoms with Crippen molar-refractivity contribution in [2.75, 3.05) is 42.3 Å². The third kappa shape index (κ3) is 5.56. The van der Waals surface area contributed by atoms with Crippen LogP contribution in [0.15, 0.2) is 42.5 Å². The molecule has 0 bridgehead atoms. The third-order valence-corrected chi connectivity index (χ3v) is 4.41. The zero-order chi connectivity index (χ0) is 18.9. The average molecular weight is 376 g/mol. The minimum absolute atomic E-state index is 0.0708. The predicted molar refractivity (Wildman–Crippen MR) is 110 cm³/mol. The fourth-order valence-corrected chi connectivity index (χ4v) is 2.92. The molecule has 2 N–H and O–H groups in total. The molecule has 0 aliphatic heterocycles. The molecule has 5 nitrogen and oxygen atoms in total. The molecule has 0 spiro atoms. The van der Waals surface area contributed by atoms with Gasteiger partial charge in [-0.05, 0) is 56.3 Å². The average Bonchev–Trinajstić information content (AvgIpc) is 2.64. The van der Waals surface area contributed by atoms with E-state index in [1.165, 1.54) is 5.69 Å². The second-order valence-electron chi connectivity index (χ2n) is 5.79. The first-order valence-electron chi connectivity index (χ1n) is 8.79. The van der Waals surface area contributed by atoms with E-state index in [0.29, 0.717) is 29.4 Å². The summed E-state index contributed by atoms with van der Waals surface area (Å²) in [4.78, 5) is 14.3. The van der Waals surface area contributed by atoms with Crippen LogP contribution in [0.2, 0.25) is 5.02 Å². The zero-order valence-corrected chi connectivity index (χ0v) is 16.3. The Bertz CT molecular complexity index is 715. The smallest absolute Gasteiger partial charge is 0.226 e. The van der Waals surface area contributed by atoms with Crippen LogP contribution < -0.4 is 20.3 Å². The number of amides is 1. The van der Waals surface area contributed by atoms with E-state index in [1.807, 2.05) is 12.1 Å². The molecule has 0 radical (unpaired) electrons. The number of carbonyl (C=O) groups excluding carboxylic acids is 1. The molecule has 26 heavy (non-hydrogen) atoms. The summed E-state index contributed by atoms with van der Waals surface area (Å²) >= 11 is 6.06. The molecule has 2 aromatic rings. The fraction of sp³-hybridized carbons (Fsp3) is 0.350. The minimum atomic E-state index is -0.0708. The van der Waals surface area contributed by atoms with E-state index in [4.69, 9.17) is 16.3 Å². The number of ether oxygens (including phenoxy) is 1. The lowest BCUT2D eigenvalue weighted by atomic mass is 10.2. The highest BCUT2D eigenvalue weighted by atomic mass is 35.5. The Morgan fingerprint density at radius 1 is 1.08 bits per heavy atom. The van der Waals surface area contributed by atoms with Crippen LogP contribution in [-0.2, 0) is 4.79 Å². The molecular weight excluding hydrogens is 350 g/mol. The van der Waals surface area contributed by atoms with E-state index in [0.717, 1.165) is 18.8 Å². The van der Waals surface area contributed by atoms with Crippen LogP contribution in [0, 0.1) is 0 Å². The highest BCUT2D eigenvalue weighted by Crippen LogP contribution is 2.27. The number of carbonyl (C=O) groups is 1. The number of hydrogen-bond donors (Lipinski definition) is 2. The molecule has 0 saturated heterocycles. The molecule has 0 aliphatic rings. The fourth-order valence-electron chi connectivity index (χ4n) is 2.67. The monoisotopic (exact) mass is 375 g/mol. The Balaban J connectivity index is 1.80. The highest BCUT2D eigenvalue weighted by molar-refractivity contribution is 6.32. The van der Waals surface area contributed by atoms with Crippen LogP contribution in [0.4, 0.5) is 17.1 Å². The van der Waals surface area contributed by atoms with Crippen molar-refractivity contribution < 1.29 is 9.53 Å². The lowest BCUT2D eigenvalue weighted by Gasteiger charge is -2.21. The van der Waals surface area contributed by atoms with Gasteiger partial charge in [0.05, 0.1) is 12.1 Å². The maximum atomic E-state index is 12.1. The number of nitrogens with zero attached hydrogens (tertiary/aromatic N) is 1. The minimum Gasteiger partial charge on any atom is -0.495 e. The van der Waals surface area contributed by atoms with Crippen LogP contribution in [0.3, 0.4) is 0 Å². The van der Waals surface area contributed by atoms with Crippen molar-refractivity contribution in [1.29, 1.82) is 0 Å². The summed E-state index contributed by atoms with van der Waals surface area (Å²) in [6.07, 6.45) is 0.363. The normalized spacial score (nSPS) is 10.3. The van der Waals surface area contributed by atoms with E-state index in [1.54, 1.807) is 25.3 Å². The Labute approximate surface area is 160 Å². The van der Waals surface area contributed by atoms with Gasteiger partial charge in [-0.1, -0.05) is 11.6 Å². The first kappa shape index (κ1) is 19.9. The maximum Gasteiger partial charge on any atom is 0.226 e. The first-order chi connectivity index (χ1) is 12.6. The lowest BCUT2D eigenvalue weighted by Crippen LogP contribution is -2.21. The van der Waals surface area contributed by atoms with E-state index >= 15 is 0 Å². The molecule has 0 atom stereocenters. The third-order valence-electron chi connectivity index (χ3n) is 4.11. The maximum absolute atomic E-state index is 12.1. The highest BCUT2D eigenvalue weighted by Gasteiger charge is 2.06. The number of benzene rings is 2. The van der Waals surface area contributed by atoms with Crippen LogP contribution in [0.5, 0.6) is 5.75 Å². The molecule has 0 fully saturated rings. The number of hydrogen-bond acceptors (Lipinski definition) is 4. The van der Waals surface area contributed by atoms with E-state index in [9.17, 15) is 4.79 Å². The van der Waals surface area contributed by atoms with Gasteiger partial charge >= 0.3 is 0 Å². The van der Waals surface area contributed by atoms with Crippen LogP contribution in [-0.4, -0.2) is 32.7 Å². The van der Waals surface area contributed by atoms with Crippen LogP contribution in [0.25, 0.3) is 0 Å². The second-order valence-corrected chi connectivity index (χ2v) is 6.20. The Kier molecular flexibility index (Phi) is 7.60. The van der Waals surface area contributed by atoms with Gasteiger partial charge in [0.15, 0.2) is 0 Å². The van der Waals surface area contributed by atoms with Crippen LogP contribution in [0.1, 0.15) is 20.3 Å². The Morgan fingerprint density at radius 3 is 2.31 bits per heavy atom. The quantitative estimate of drug-likeness (QED) is 0.670. The molecule has 0 heterocycles. The van der Waals surface area contributed by atoms with Gasteiger partial charge in [-0.2, -0.15) is 0 Å². The van der Waals surface area contributed by atoms with Crippen molar-refractivity contribution in [1.82, 2.24) is 0 Å². The molecule has 0 unspecified atom stereocenters. The molecule has 2 aromatic carbocycles. The van der Waals surface area contributed by atoms with Crippen LogP contribution >= 0.6 is 11.6 Å². The summed E-state index contributed by atoms with van der Waals surface area (Å²) in [5.41, 5.74) is 2.86. The van der Waals surface area contributed by atoms with Crippen molar-refractivity contribution in [2.45, 2.75) is 20.3 Å². The van der Waals surface area contributed by atoms with Crippen molar-refractivity contribution in [2.24, 2.45) is 0 Å². The molecule has 6 heteroatoms. The van der Waals surface area contributed by atoms with Gasteiger partial charge in [0.2, 0.25) is 5.91 Å². The molecular formula is C20H26ClN3O2. The van der Waals surface area contributed by atoms with Gasteiger partial charge in [-0.3, -0.25) is 4.79 Å². The van der Waals surface area contributed by atoms with Gasteiger partial charge in [0.1, 0.15) is 5.75 Å². The SMILES string of the molecule is CCN(CC)c1ccc(NCCC(=O)Nc2ccc(OC)c(Cl)c2)cc1. The summed E-state index contributed by atoms with van der Waals surface area (Å²) in [5.74, 6) is 0.512. The van der Waals surface area contributed by atoms with Crippen molar-refractivity contribution in [3.63, 3.8) is 0 Å². The van der Waals surface area contributed by atoms with E-state index in [-0.39, 0.29) is 5.91 Å². The van der Waals surface area contributed by atoms with Gasteiger partial charge in [-0.25, -0.2) is 0 Å². The Hall–Kier alpha value is -2.40. The topological polar surface area (TPSA) is 53.6 Å². The largest absolute Gasteiger partial charge is 0.495 e. The molecule has 0 saturated carbocycles. The number of nitrogens with one attached hydrogen (secondary N) is 2. The Morgan fingerprint density at radius 2 is 1.73 bits per heavy atom. The van der Waals surface area contributed by atoms with Gasteiger partial charge in [0.25, 0.3) is 0 Å². The molecule has 140 valence electrons. The van der Waals surface area contributed by atoms with Crippen molar-refractivity contribution in [3.8, 4) is 5.75 Å².